The number of hydrogen-bond donors (Lipinski definition) is 1. The molecular formula is C15H19N3O2S. The van der Waals surface area contributed by atoms with Crippen molar-refractivity contribution in [2.24, 2.45) is 11.7 Å². The second-order valence-electron chi connectivity index (χ2n) is 5.59. The third-order valence-electron chi connectivity index (χ3n) is 4.01. The lowest BCUT2D eigenvalue weighted by molar-refractivity contribution is 0.459. The van der Waals surface area contributed by atoms with Crippen LogP contribution in [0, 0.1) is 12.8 Å². The van der Waals surface area contributed by atoms with Gasteiger partial charge in [-0.3, -0.25) is 4.98 Å². The molecule has 0 aliphatic carbocycles. The number of nitrogens with zero attached hydrogens (tertiary/aromatic N) is 2. The van der Waals surface area contributed by atoms with Crippen LogP contribution in [0.5, 0.6) is 0 Å². The van der Waals surface area contributed by atoms with E-state index in [-0.39, 0.29) is 10.8 Å². The Morgan fingerprint density at radius 1 is 1.43 bits per heavy atom. The van der Waals surface area contributed by atoms with E-state index in [4.69, 9.17) is 5.73 Å². The Kier molecular flexibility index (Phi) is 3.69. The predicted molar refractivity (Wildman–Crippen MR) is 82.4 cm³/mol. The van der Waals surface area contributed by atoms with Gasteiger partial charge < -0.3 is 5.73 Å². The molecule has 21 heavy (non-hydrogen) atoms. The lowest BCUT2D eigenvalue weighted by Gasteiger charge is -2.17. The summed E-state index contributed by atoms with van der Waals surface area (Å²) in [7, 11) is -3.51. The third kappa shape index (κ3) is 2.54. The number of sulfonamides is 1. The standard InChI is InChI=1S/C15H19N3O2S/c1-11-7-13-3-2-4-14(15(13)17-9-11)21(19,20)18-6-5-12(8-16)10-18/h2-4,7,9,12H,5-6,8,10,16H2,1H3/t12-/m0/s1. The molecule has 1 aliphatic heterocycles. The number of rotatable bonds is 3. The molecule has 0 saturated carbocycles. The zero-order chi connectivity index (χ0) is 15.0. The number of pyridine rings is 1. The van der Waals surface area contributed by atoms with Crippen LogP contribution in [0.3, 0.4) is 0 Å². The fourth-order valence-electron chi connectivity index (χ4n) is 2.80. The summed E-state index contributed by atoms with van der Waals surface area (Å²) in [4.78, 5) is 4.62. The van der Waals surface area contributed by atoms with Gasteiger partial charge in [0.2, 0.25) is 10.0 Å². The van der Waals surface area contributed by atoms with Crippen molar-refractivity contribution in [1.82, 2.24) is 9.29 Å². The lowest BCUT2D eigenvalue weighted by atomic mass is 10.1. The largest absolute Gasteiger partial charge is 0.330 e. The van der Waals surface area contributed by atoms with E-state index in [1.54, 1.807) is 18.3 Å². The Labute approximate surface area is 124 Å². The van der Waals surface area contributed by atoms with Crippen molar-refractivity contribution in [3.8, 4) is 0 Å². The first-order chi connectivity index (χ1) is 10.0. The molecule has 1 aromatic heterocycles. The number of para-hydroxylation sites is 1. The number of aryl methyl sites for hydroxylation is 1. The van der Waals surface area contributed by atoms with E-state index in [1.165, 1.54) is 4.31 Å². The fraction of sp³-hybridized carbons (Fsp3) is 0.400. The van der Waals surface area contributed by atoms with Gasteiger partial charge in [-0.15, -0.1) is 0 Å². The summed E-state index contributed by atoms with van der Waals surface area (Å²) < 4.78 is 27.2. The van der Waals surface area contributed by atoms with Crippen LogP contribution in [0.2, 0.25) is 0 Å². The van der Waals surface area contributed by atoms with Crippen molar-refractivity contribution in [3.63, 3.8) is 0 Å². The van der Waals surface area contributed by atoms with E-state index in [1.807, 2.05) is 19.1 Å². The summed E-state index contributed by atoms with van der Waals surface area (Å²) in [5, 5.41) is 0.852. The van der Waals surface area contributed by atoms with E-state index in [0.717, 1.165) is 17.4 Å². The highest BCUT2D eigenvalue weighted by Gasteiger charge is 2.33. The van der Waals surface area contributed by atoms with Gasteiger partial charge in [-0.05, 0) is 43.5 Å². The number of fused-ring (bicyclic) bond motifs is 1. The minimum absolute atomic E-state index is 0.255. The first-order valence-corrected chi connectivity index (χ1v) is 8.52. The Morgan fingerprint density at radius 3 is 2.95 bits per heavy atom. The van der Waals surface area contributed by atoms with E-state index >= 15 is 0 Å². The summed E-state index contributed by atoms with van der Waals surface area (Å²) in [6.07, 6.45) is 2.53. The fourth-order valence-corrected chi connectivity index (χ4v) is 4.49. The molecule has 3 rings (SSSR count). The predicted octanol–water partition coefficient (Wildman–Crippen LogP) is 1.51. The average Bonchev–Trinajstić information content (AvgIpc) is 2.96. The molecule has 0 bridgehead atoms. The van der Waals surface area contributed by atoms with E-state index < -0.39 is 10.0 Å². The normalized spacial score (nSPS) is 20.2. The monoisotopic (exact) mass is 305 g/mol. The van der Waals surface area contributed by atoms with Gasteiger partial charge in [0.25, 0.3) is 0 Å². The van der Waals surface area contributed by atoms with Crippen LogP contribution in [0.15, 0.2) is 35.4 Å². The highest BCUT2D eigenvalue weighted by atomic mass is 32.2. The summed E-state index contributed by atoms with van der Waals surface area (Å²) in [5.41, 5.74) is 7.21. The van der Waals surface area contributed by atoms with Crippen molar-refractivity contribution in [1.29, 1.82) is 0 Å². The molecule has 2 N–H and O–H groups in total. The highest BCUT2D eigenvalue weighted by Crippen LogP contribution is 2.28. The van der Waals surface area contributed by atoms with Crippen LogP contribution in [-0.4, -0.2) is 37.3 Å². The van der Waals surface area contributed by atoms with Gasteiger partial charge in [-0.25, -0.2) is 8.42 Å². The first kappa shape index (κ1) is 14.4. The van der Waals surface area contributed by atoms with Crippen molar-refractivity contribution < 1.29 is 8.42 Å². The van der Waals surface area contributed by atoms with Crippen LogP contribution in [0.1, 0.15) is 12.0 Å². The Hall–Kier alpha value is -1.50. The molecule has 1 saturated heterocycles. The molecule has 5 nitrogen and oxygen atoms in total. The van der Waals surface area contributed by atoms with Crippen molar-refractivity contribution >= 4 is 20.9 Å². The maximum absolute atomic E-state index is 12.8. The molecule has 0 amide bonds. The van der Waals surface area contributed by atoms with Gasteiger partial charge in [0, 0.05) is 24.7 Å². The molecule has 0 radical (unpaired) electrons. The first-order valence-electron chi connectivity index (χ1n) is 7.08. The van der Waals surface area contributed by atoms with Crippen molar-refractivity contribution in [3.05, 3.63) is 36.0 Å². The van der Waals surface area contributed by atoms with E-state index in [2.05, 4.69) is 4.98 Å². The molecule has 2 aromatic rings. The molecule has 112 valence electrons. The van der Waals surface area contributed by atoms with Crippen LogP contribution in [0.25, 0.3) is 10.9 Å². The third-order valence-corrected chi connectivity index (χ3v) is 5.91. The molecule has 1 aromatic carbocycles. The second-order valence-corrected chi connectivity index (χ2v) is 7.50. The maximum atomic E-state index is 12.8. The Bertz CT molecular complexity index is 774. The topological polar surface area (TPSA) is 76.3 Å². The van der Waals surface area contributed by atoms with Crippen LogP contribution in [-0.2, 0) is 10.0 Å². The van der Waals surface area contributed by atoms with Gasteiger partial charge in [0.1, 0.15) is 4.90 Å². The minimum Gasteiger partial charge on any atom is -0.330 e. The van der Waals surface area contributed by atoms with Crippen LogP contribution in [0.4, 0.5) is 0 Å². The van der Waals surface area contributed by atoms with Gasteiger partial charge in [-0.2, -0.15) is 4.31 Å². The van der Waals surface area contributed by atoms with Crippen LogP contribution >= 0.6 is 0 Å². The van der Waals surface area contributed by atoms with Gasteiger partial charge >= 0.3 is 0 Å². The van der Waals surface area contributed by atoms with Crippen LogP contribution < -0.4 is 5.73 Å². The second kappa shape index (κ2) is 5.36. The SMILES string of the molecule is Cc1cnc2c(S(=O)(=O)N3CC[C@@H](CN)C3)cccc2c1. The quantitative estimate of drug-likeness (QED) is 0.932. The number of nitrogens with two attached hydrogens (primary N) is 1. The molecule has 0 spiro atoms. The summed E-state index contributed by atoms with van der Waals surface area (Å²) in [6.45, 7) is 3.51. The molecular weight excluding hydrogens is 286 g/mol. The van der Waals surface area contributed by atoms with E-state index in [0.29, 0.717) is 25.2 Å². The molecule has 6 heteroatoms. The number of aromatic nitrogens is 1. The van der Waals surface area contributed by atoms with Crippen molar-refractivity contribution in [2.45, 2.75) is 18.2 Å². The van der Waals surface area contributed by atoms with Crippen molar-refractivity contribution in [2.75, 3.05) is 19.6 Å². The van der Waals surface area contributed by atoms with E-state index in [9.17, 15) is 8.42 Å². The lowest BCUT2D eigenvalue weighted by Crippen LogP contribution is -2.30. The molecule has 1 fully saturated rings. The number of benzene rings is 1. The highest BCUT2D eigenvalue weighted by molar-refractivity contribution is 7.89. The zero-order valence-electron chi connectivity index (χ0n) is 12.0. The van der Waals surface area contributed by atoms with Gasteiger partial charge in [0.15, 0.2) is 0 Å². The van der Waals surface area contributed by atoms with Gasteiger partial charge in [0.05, 0.1) is 5.52 Å². The molecule has 2 heterocycles. The number of hydrogen-bond acceptors (Lipinski definition) is 4. The zero-order valence-corrected chi connectivity index (χ0v) is 12.8. The molecule has 1 aliphatic rings. The molecule has 0 unspecified atom stereocenters. The smallest absolute Gasteiger partial charge is 0.245 e. The summed E-state index contributed by atoms with van der Waals surface area (Å²) in [5.74, 6) is 0.255. The molecule has 1 atom stereocenters. The maximum Gasteiger partial charge on any atom is 0.245 e. The summed E-state index contributed by atoms with van der Waals surface area (Å²) in [6, 6.07) is 7.25. The average molecular weight is 305 g/mol. The van der Waals surface area contributed by atoms with Gasteiger partial charge in [-0.1, -0.05) is 12.1 Å². The Balaban J connectivity index is 2.07. The summed E-state index contributed by atoms with van der Waals surface area (Å²) >= 11 is 0. The Morgan fingerprint density at radius 2 is 2.24 bits per heavy atom. The minimum atomic E-state index is -3.51.